The zero-order chi connectivity index (χ0) is 25.6. The molecule has 9 heteroatoms. The van der Waals surface area contributed by atoms with Gasteiger partial charge in [0.1, 0.15) is 11.4 Å². The van der Waals surface area contributed by atoms with Crippen molar-refractivity contribution in [1.29, 1.82) is 0 Å². The van der Waals surface area contributed by atoms with Gasteiger partial charge in [0.25, 0.3) is 5.69 Å². The third-order valence-corrected chi connectivity index (χ3v) is 7.31. The van der Waals surface area contributed by atoms with Crippen molar-refractivity contribution in [3.05, 3.63) is 99.4 Å². The topological polar surface area (TPSA) is 92.9 Å². The van der Waals surface area contributed by atoms with Crippen LogP contribution in [0.4, 0.5) is 16.5 Å². The van der Waals surface area contributed by atoms with Crippen molar-refractivity contribution in [2.75, 3.05) is 30.5 Å². The van der Waals surface area contributed by atoms with E-state index in [4.69, 9.17) is 4.74 Å². The molecular formula is C28H27N5O3S. The average Bonchev–Trinajstić information content (AvgIpc) is 3.42. The molecule has 1 aliphatic rings. The maximum atomic E-state index is 11.9. The largest absolute Gasteiger partial charge is 0.496 e. The van der Waals surface area contributed by atoms with Crippen LogP contribution in [0.3, 0.4) is 0 Å². The van der Waals surface area contributed by atoms with Gasteiger partial charge in [-0.1, -0.05) is 54.6 Å². The third-order valence-electron chi connectivity index (χ3n) is 6.56. The number of nitro groups is 1. The summed E-state index contributed by atoms with van der Waals surface area (Å²) in [6.07, 6.45) is 3.39. The fraction of sp³-hybridized carbons (Fsp3) is 0.214. The van der Waals surface area contributed by atoms with Gasteiger partial charge in [-0.3, -0.25) is 15.5 Å². The summed E-state index contributed by atoms with van der Waals surface area (Å²) in [5.74, 6) is 1.27. The standard InChI is InChI=1S/C28H27N5O3S/c1-36-27-10-6-5-9-23(27)21-13-15-32(16-14-21)25-12-11-20(17-26(25)33(34)35)18-29-31-28-30-24(19-37-28)22-7-3-2-4-8-22/h2-12,17-19,21H,13-16H2,1H3,(H,30,31). The molecule has 1 aromatic heterocycles. The first-order valence-electron chi connectivity index (χ1n) is 12.1. The van der Waals surface area contributed by atoms with Gasteiger partial charge in [-0.25, -0.2) is 4.98 Å². The van der Waals surface area contributed by atoms with Gasteiger partial charge in [0.2, 0.25) is 5.13 Å². The molecule has 188 valence electrons. The molecule has 0 atom stereocenters. The smallest absolute Gasteiger partial charge is 0.293 e. The molecule has 4 aromatic rings. The van der Waals surface area contributed by atoms with Gasteiger partial charge in [-0.15, -0.1) is 11.3 Å². The second-order valence-electron chi connectivity index (χ2n) is 8.78. The lowest BCUT2D eigenvalue weighted by atomic mass is 9.88. The number of rotatable bonds is 8. The summed E-state index contributed by atoms with van der Waals surface area (Å²) in [5.41, 5.74) is 7.41. The maximum Gasteiger partial charge on any atom is 0.293 e. The summed E-state index contributed by atoms with van der Waals surface area (Å²) < 4.78 is 5.53. The number of aromatic nitrogens is 1. The fourth-order valence-corrected chi connectivity index (χ4v) is 5.37. The van der Waals surface area contributed by atoms with Crippen molar-refractivity contribution in [3.63, 3.8) is 0 Å². The number of hydrazone groups is 1. The van der Waals surface area contributed by atoms with Crippen molar-refractivity contribution in [1.82, 2.24) is 4.98 Å². The van der Waals surface area contributed by atoms with E-state index in [0.717, 1.165) is 42.9 Å². The summed E-state index contributed by atoms with van der Waals surface area (Å²) in [5, 5.41) is 18.8. The molecule has 0 aliphatic carbocycles. The van der Waals surface area contributed by atoms with Gasteiger partial charge in [0, 0.05) is 35.7 Å². The molecular weight excluding hydrogens is 486 g/mol. The number of methoxy groups -OCH3 is 1. The van der Waals surface area contributed by atoms with Crippen molar-refractivity contribution < 1.29 is 9.66 Å². The predicted octanol–water partition coefficient (Wildman–Crippen LogP) is 6.56. The Labute approximate surface area is 219 Å². The van der Waals surface area contributed by atoms with E-state index in [2.05, 4.69) is 26.5 Å². The van der Waals surface area contributed by atoms with E-state index in [1.165, 1.54) is 16.9 Å². The molecule has 0 saturated carbocycles. The van der Waals surface area contributed by atoms with E-state index < -0.39 is 0 Å². The lowest BCUT2D eigenvalue weighted by Gasteiger charge is -2.34. The highest BCUT2D eigenvalue weighted by atomic mass is 32.1. The van der Waals surface area contributed by atoms with Gasteiger partial charge in [0.05, 0.1) is 23.9 Å². The molecule has 0 bridgehead atoms. The van der Waals surface area contributed by atoms with Gasteiger partial charge in [0.15, 0.2) is 0 Å². The molecule has 0 radical (unpaired) electrons. The minimum Gasteiger partial charge on any atom is -0.496 e. The zero-order valence-electron chi connectivity index (χ0n) is 20.4. The minimum atomic E-state index is -0.320. The van der Waals surface area contributed by atoms with Crippen LogP contribution in [0.5, 0.6) is 5.75 Å². The first kappa shape index (κ1) is 24.5. The lowest BCUT2D eigenvalue weighted by Crippen LogP contribution is -2.33. The molecule has 2 heterocycles. The minimum absolute atomic E-state index is 0.0836. The average molecular weight is 514 g/mol. The summed E-state index contributed by atoms with van der Waals surface area (Å²) in [4.78, 5) is 18.2. The SMILES string of the molecule is COc1ccccc1C1CCN(c2ccc(C=NNc3nc(-c4ccccc4)cs3)cc2[N+](=O)[O-])CC1. The highest BCUT2D eigenvalue weighted by Crippen LogP contribution is 2.37. The number of piperidine rings is 1. The molecule has 8 nitrogen and oxygen atoms in total. The van der Waals surface area contributed by atoms with Gasteiger partial charge in [-0.2, -0.15) is 5.10 Å². The van der Waals surface area contributed by atoms with E-state index in [1.54, 1.807) is 19.4 Å². The molecule has 5 rings (SSSR count). The van der Waals surface area contributed by atoms with E-state index in [9.17, 15) is 10.1 Å². The summed E-state index contributed by atoms with van der Waals surface area (Å²) in [6, 6.07) is 23.3. The maximum absolute atomic E-state index is 11.9. The third kappa shape index (κ3) is 5.62. The van der Waals surface area contributed by atoms with E-state index in [0.29, 0.717) is 22.3 Å². The van der Waals surface area contributed by atoms with Crippen molar-refractivity contribution in [3.8, 4) is 17.0 Å². The molecule has 0 spiro atoms. The quantitative estimate of drug-likeness (QED) is 0.163. The fourth-order valence-electron chi connectivity index (χ4n) is 4.70. The second-order valence-corrected chi connectivity index (χ2v) is 9.64. The Balaban J connectivity index is 1.25. The number of hydrogen-bond acceptors (Lipinski definition) is 8. The molecule has 0 unspecified atom stereocenters. The number of hydrogen-bond donors (Lipinski definition) is 1. The Morgan fingerprint density at radius 2 is 1.86 bits per heavy atom. The van der Waals surface area contributed by atoms with Crippen molar-refractivity contribution in [2.45, 2.75) is 18.8 Å². The molecule has 1 saturated heterocycles. The zero-order valence-corrected chi connectivity index (χ0v) is 21.2. The Bertz CT molecular complexity index is 1400. The summed E-state index contributed by atoms with van der Waals surface area (Å²) in [7, 11) is 1.69. The first-order valence-corrected chi connectivity index (χ1v) is 13.0. The number of nitro benzene ring substituents is 1. The monoisotopic (exact) mass is 513 g/mol. The van der Waals surface area contributed by atoms with Crippen LogP contribution in [-0.4, -0.2) is 36.3 Å². The Hall–Kier alpha value is -4.24. The second kappa shape index (κ2) is 11.2. The molecule has 37 heavy (non-hydrogen) atoms. The lowest BCUT2D eigenvalue weighted by molar-refractivity contribution is -0.384. The normalized spacial score (nSPS) is 14.1. The summed E-state index contributed by atoms with van der Waals surface area (Å²) in [6.45, 7) is 1.48. The Morgan fingerprint density at radius 1 is 1.11 bits per heavy atom. The van der Waals surface area contributed by atoms with Crippen LogP contribution in [0.15, 0.2) is 83.3 Å². The van der Waals surface area contributed by atoms with Crippen LogP contribution >= 0.6 is 11.3 Å². The number of para-hydroxylation sites is 1. The number of nitrogens with zero attached hydrogens (tertiary/aromatic N) is 4. The molecule has 1 N–H and O–H groups in total. The van der Waals surface area contributed by atoms with Crippen molar-refractivity contribution >= 4 is 34.1 Å². The number of anilines is 2. The Morgan fingerprint density at radius 3 is 2.62 bits per heavy atom. The van der Waals surface area contributed by atoms with Crippen LogP contribution in [0, 0.1) is 10.1 Å². The predicted molar refractivity (Wildman–Crippen MR) is 149 cm³/mol. The molecule has 3 aromatic carbocycles. The highest BCUT2D eigenvalue weighted by molar-refractivity contribution is 7.14. The van der Waals surface area contributed by atoms with Gasteiger partial charge in [-0.05, 0) is 36.5 Å². The number of nitrogens with one attached hydrogen (secondary N) is 1. The summed E-state index contributed by atoms with van der Waals surface area (Å²) >= 11 is 1.45. The molecule has 1 aliphatic heterocycles. The van der Waals surface area contributed by atoms with Crippen LogP contribution in [0.1, 0.15) is 29.9 Å². The van der Waals surface area contributed by atoms with E-state index in [1.807, 2.05) is 66.0 Å². The Kier molecular flexibility index (Phi) is 7.41. The van der Waals surface area contributed by atoms with Gasteiger partial charge >= 0.3 is 0 Å². The van der Waals surface area contributed by atoms with Crippen LogP contribution < -0.4 is 15.1 Å². The number of benzene rings is 3. The first-order chi connectivity index (χ1) is 18.1. The number of ether oxygens (including phenoxy) is 1. The van der Waals surface area contributed by atoms with E-state index in [-0.39, 0.29) is 10.6 Å². The van der Waals surface area contributed by atoms with Crippen LogP contribution in [0.2, 0.25) is 0 Å². The van der Waals surface area contributed by atoms with Crippen LogP contribution in [0.25, 0.3) is 11.3 Å². The van der Waals surface area contributed by atoms with E-state index >= 15 is 0 Å². The van der Waals surface area contributed by atoms with Crippen molar-refractivity contribution in [2.24, 2.45) is 5.10 Å². The van der Waals surface area contributed by atoms with Crippen LogP contribution in [-0.2, 0) is 0 Å². The molecule has 0 amide bonds. The molecule has 1 fully saturated rings. The van der Waals surface area contributed by atoms with Gasteiger partial charge < -0.3 is 9.64 Å². The number of thiazole rings is 1. The highest BCUT2D eigenvalue weighted by Gasteiger charge is 2.27.